The summed E-state index contributed by atoms with van der Waals surface area (Å²) in [6.07, 6.45) is 0.459. The van der Waals surface area contributed by atoms with Crippen molar-refractivity contribution in [2.45, 2.75) is 66.5 Å². The van der Waals surface area contributed by atoms with Crippen molar-refractivity contribution < 1.29 is 14.3 Å². The zero-order valence-electron chi connectivity index (χ0n) is 18.5. The van der Waals surface area contributed by atoms with Crippen LogP contribution in [0.3, 0.4) is 0 Å². The molecule has 1 heterocycles. The predicted octanol–water partition coefficient (Wildman–Crippen LogP) is 2.86. The van der Waals surface area contributed by atoms with E-state index in [1.165, 1.54) is 0 Å². The number of amides is 1. The number of nitrogens with one attached hydrogen (secondary N) is 2. The molecule has 2 N–H and O–H groups in total. The van der Waals surface area contributed by atoms with E-state index in [0.717, 1.165) is 45.2 Å². The average Bonchev–Trinajstić information content (AvgIpc) is 2.51. The minimum absolute atomic E-state index is 0.0442. The second kappa shape index (κ2) is 10.2. The normalized spacial score (nSPS) is 17.9. The fourth-order valence-corrected chi connectivity index (χ4v) is 2.75. The fraction of sp³-hybridized carbons (Fsp3) is 0.900. The van der Waals surface area contributed by atoms with Crippen molar-refractivity contribution in [1.29, 1.82) is 0 Å². The van der Waals surface area contributed by atoms with Gasteiger partial charge in [0.05, 0.1) is 19.8 Å². The third kappa shape index (κ3) is 8.82. The van der Waals surface area contributed by atoms with Gasteiger partial charge in [0.15, 0.2) is 5.96 Å². The molecule has 1 saturated heterocycles. The van der Waals surface area contributed by atoms with Gasteiger partial charge in [0.2, 0.25) is 0 Å². The van der Waals surface area contributed by atoms with E-state index in [4.69, 9.17) is 14.5 Å². The molecule has 7 nitrogen and oxygen atoms in total. The Bertz CT molecular complexity index is 496. The lowest BCUT2D eigenvalue weighted by Gasteiger charge is -2.37. The molecule has 0 spiro atoms. The van der Waals surface area contributed by atoms with Gasteiger partial charge in [-0.15, -0.1) is 0 Å². The maximum atomic E-state index is 12.1. The van der Waals surface area contributed by atoms with E-state index in [1.54, 1.807) is 0 Å². The molecule has 27 heavy (non-hydrogen) atoms. The van der Waals surface area contributed by atoms with Crippen LogP contribution >= 0.6 is 0 Å². The molecule has 158 valence electrons. The highest BCUT2D eigenvalue weighted by Gasteiger charge is 2.33. The Morgan fingerprint density at radius 2 is 1.96 bits per heavy atom. The van der Waals surface area contributed by atoms with Gasteiger partial charge in [0.25, 0.3) is 0 Å². The summed E-state index contributed by atoms with van der Waals surface area (Å²) >= 11 is 0. The van der Waals surface area contributed by atoms with Crippen LogP contribution in [0.1, 0.15) is 54.9 Å². The van der Waals surface area contributed by atoms with E-state index in [2.05, 4.69) is 43.2 Å². The summed E-state index contributed by atoms with van der Waals surface area (Å²) in [4.78, 5) is 19.0. The molecule has 1 fully saturated rings. The molecule has 1 aliphatic heterocycles. The van der Waals surface area contributed by atoms with Gasteiger partial charge < -0.3 is 25.0 Å². The minimum atomic E-state index is -0.491. The highest BCUT2D eigenvalue weighted by atomic mass is 16.6. The number of alkyl carbamates (subject to hydrolysis) is 1. The number of carbonyl (C=O) groups is 1. The topological polar surface area (TPSA) is 75.2 Å². The number of ether oxygens (including phenoxy) is 2. The van der Waals surface area contributed by atoms with Crippen molar-refractivity contribution in [2.24, 2.45) is 16.3 Å². The van der Waals surface area contributed by atoms with Gasteiger partial charge in [-0.1, -0.05) is 20.8 Å². The molecule has 0 bridgehead atoms. The Morgan fingerprint density at radius 3 is 2.41 bits per heavy atom. The average molecular weight is 385 g/mol. The zero-order chi connectivity index (χ0) is 20.7. The lowest BCUT2D eigenvalue weighted by molar-refractivity contribution is -0.0945. The number of guanidine groups is 1. The van der Waals surface area contributed by atoms with Gasteiger partial charge in [-0.25, -0.2) is 4.79 Å². The summed E-state index contributed by atoms with van der Waals surface area (Å²) in [5, 5.41) is 6.36. The van der Waals surface area contributed by atoms with E-state index >= 15 is 0 Å². The van der Waals surface area contributed by atoms with E-state index in [0.29, 0.717) is 5.92 Å². The van der Waals surface area contributed by atoms with Crippen LogP contribution in [0.4, 0.5) is 4.79 Å². The Labute approximate surface area is 165 Å². The van der Waals surface area contributed by atoms with Crippen LogP contribution in [0, 0.1) is 11.3 Å². The first-order valence-electron chi connectivity index (χ1n) is 10.0. The van der Waals surface area contributed by atoms with Gasteiger partial charge in [-0.05, 0) is 40.0 Å². The molecule has 1 amide bonds. The lowest BCUT2D eigenvalue weighted by Crippen LogP contribution is -2.46. The van der Waals surface area contributed by atoms with E-state index in [-0.39, 0.29) is 17.6 Å². The molecular weight excluding hydrogens is 344 g/mol. The largest absolute Gasteiger partial charge is 0.444 e. The summed E-state index contributed by atoms with van der Waals surface area (Å²) in [6, 6.07) is 0.0442. The molecule has 0 aromatic carbocycles. The molecule has 0 saturated carbocycles. The van der Waals surface area contributed by atoms with Gasteiger partial charge in [-0.2, -0.15) is 0 Å². The summed E-state index contributed by atoms with van der Waals surface area (Å²) in [5.74, 6) is 1.21. The Balaban J connectivity index is 2.60. The van der Waals surface area contributed by atoms with E-state index < -0.39 is 5.60 Å². The van der Waals surface area contributed by atoms with Gasteiger partial charge in [0.1, 0.15) is 5.60 Å². The standard InChI is InChI=1S/C20H40N4O3/c1-9-21-17(22-12-20(7)13-26-14-20)24(8)11-10-16(15(2)3)23-18(25)27-19(4,5)6/h15-16H,9-14H2,1-8H3,(H,21,22)(H,23,25). The Kier molecular flexibility index (Phi) is 8.85. The van der Waals surface area contributed by atoms with Crippen LogP contribution in [0.2, 0.25) is 0 Å². The molecule has 0 radical (unpaired) electrons. The molecule has 0 aliphatic carbocycles. The third-order valence-electron chi connectivity index (χ3n) is 4.49. The highest BCUT2D eigenvalue weighted by Crippen LogP contribution is 2.26. The quantitative estimate of drug-likeness (QED) is 0.497. The van der Waals surface area contributed by atoms with Crippen LogP contribution in [-0.2, 0) is 9.47 Å². The SMILES string of the molecule is CCNC(=NCC1(C)COC1)N(C)CCC(NC(=O)OC(C)(C)C)C(C)C. The summed E-state index contributed by atoms with van der Waals surface area (Å²) < 4.78 is 10.7. The van der Waals surface area contributed by atoms with Crippen molar-refractivity contribution in [3.05, 3.63) is 0 Å². The summed E-state index contributed by atoms with van der Waals surface area (Å²) in [6.45, 7) is 18.0. The van der Waals surface area contributed by atoms with Crippen molar-refractivity contribution >= 4 is 12.1 Å². The summed E-state index contributed by atoms with van der Waals surface area (Å²) in [5.41, 5.74) is -0.338. The van der Waals surface area contributed by atoms with Gasteiger partial charge >= 0.3 is 6.09 Å². The first-order valence-corrected chi connectivity index (χ1v) is 10.0. The number of aliphatic imine (C=N–C) groups is 1. The molecule has 1 aliphatic rings. The van der Waals surface area contributed by atoms with Crippen LogP contribution in [0.5, 0.6) is 0 Å². The monoisotopic (exact) mass is 384 g/mol. The lowest BCUT2D eigenvalue weighted by atomic mass is 9.89. The maximum absolute atomic E-state index is 12.1. The molecule has 1 rings (SSSR count). The zero-order valence-corrected chi connectivity index (χ0v) is 18.5. The number of nitrogens with zero attached hydrogens (tertiary/aromatic N) is 2. The first-order chi connectivity index (χ1) is 12.5. The van der Waals surface area contributed by atoms with Crippen molar-refractivity contribution in [3.63, 3.8) is 0 Å². The number of carbonyl (C=O) groups excluding carboxylic acids is 1. The summed E-state index contributed by atoms with van der Waals surface area (Å²) in [7, 11) is 2.03. The van der Waals surface area contributed by atoms with Crippen LogP contribution in [-0.4, -0.2) is 68.5 Å². The van der Waals surface area contributed by atoms with E-state index in [1.807, 2.05) is 27.8 Å². The van der Waals surface area contributed by atoms with Gasteiger partial charge in [-0.3, -0.25) is 4.99 Å². The molecule has 7 heteroatoms. The highest BCUT2D eigenvalue weighted by molar-refractivity contribution is 5.79. The minimum Gasteiger partial charge on any atom is -0.444 e. The molecule has 0 aromatic heterocycles. The van der Waals surface area contributed by atoms with Crippen LogP contribution in [0.25, 0.3) is 0 Å². The van der Waals surface area contributed by atoms with Crippen LogP contribution < -0.4 is 10.6 Å². The maximum Gasteiger partial charge on any atom is 0.407 e. The molecule has 1 atom stereocenters. The van der Waals surface area contributed by atoms with Crippen molar-refractivity contribution in [2.75, 3.05) is 39.9 Å². The van der Waals surface area contributed by atoms with Gasteiger partial charge in [0, 0.05) is 31.6 Å². The number of hydrogen-bond acceptors (Lipinski definition) is 4. The number of hydrogen-bond donors (Lipinski definition) is 2. The second-order valence-electron chi connectivity index (χ2n) is 9.18. The van der Waals surface area contributed by atoms with E-state index in [9.17, 15) is 4.79 Å². The predicted molar refractivity (Wildman–Crippen MR) is 110 cm³/mol. The second-order valence-corrected chi connectivity index (χ2v) is 9.18. The Morgan fingerprint density at radius 1 is 1.33 bits per heavy atom. The first kappa shape index (κ1) is 23.5. The fourth-order valence-electron chi connectivity index (χ4n) is 2.75. The third-order valence-corrected chi connectivity index (χ3v) is 4.49. The smallest absolute Gasteiger partial charge is 0.407 e. The molecule has 1 unspecified atom stereocenters. The van der Waals surface area contributed by atoms with Crippen LogP contribution in [0.15, 0.2) is 4.99 Å². The van der Waals surface area contributed by atoms with Crippen molar-refractivity contribution in [1.82, 2.24) is 15.5 Å². The number of rotatable bonds is 8. The Hall–Kier alpha value is -1.50. The molecular formula is C20H40N4O3. The molecule has 0 aromatic rings. The van der Waals surface area contributed by atoms with Crippen molar-refractivity contribution in [3.8, 4) is 0 Å².